The minimum Gasteiger partial charge on any atom is -0.393 e. The Balaban J connectivity index is 2.03. The van der Waals surface area contributed by atoms with Crippen LogP contribution in [-0.2, 0) is 6.42 Å². The Bertz CT molecular complexity index is 359. The van der Waals surface area contributed by atoms with Crippen LogP contribution in [0.2, 0.25) is 0 Å². The minimum atomic E-state index is -0.0998. The lowest BCUT2D eigenvalue weighted by Crippen LogP contribution is -2.17. The third kappa shape index (κ3) is 2.46. The van der Waals surface area contributed by atoms with Crippen LogP contribution in [-0.4, -0.2) is 21.0 Å². The zero-order valence-corrected chi connectivity index (χ0v) is 10.5. The maximum absolute atomic E-state index is 9.61. The van der Waals surface area contributed by atoms with Crippen molar-refractivity contribution in [2.45, 2.75) is 58.6 Å². The highest BCUT2D eigenvalue weighted by Gasteiger charge is 2.34. The van der Waals surface area contributed by atoms with Crippen LogP contribution in [0.3, 0.4) is 0 Å². The molecule has 1 aliphatic rings. The third-order valence-electron chi connectivity index (χ3n) is 3.61. The Morgan fingerprint density at radius 3 is 2.88 bits per heavy atom. The third-order valence-corrected chi connectivity index (χ3v) is 3.61. The van der Waals surface area contributed by atoms with Crippen LogP contribution in [0.1, 0.15) is 51.8 Å². The highest BCUT2D eigenvalue weighted by molar-refractivity contribution is 5.05. The number of hydrogen-bond acceptors (Lipinski definition) is 2. The van der Waals surface area contributed by atoms with Gasteiger partial charge in [0.15, 0.2) is 0 Å². The summed E-state index contributed by atoms with van der Waals surface area (Å²) in [6.07, 6.45) is 5.92. The van der Waals surface area contributed by atoms with Gasteiger partial charge in [-0.2, -0.15) is 5.10 Å². The molecule has 0 radical (unpaired) electrons. The number of aliphatic hydroxyl groups excluding tert-OH is 1. The van der Waals surface area contributed by atoms with Crippen molar-refractivity contribution in [3.8, 4) is 0 Å². The Hall–Kier alpha value is -0.830. The molecule has 1 fully saturated rings. The first-order valence-corrected chi connectivity index (χ1v) is 6.21. The van der Waals surface area contributed by atoms with E-state index in [2.05, 4.69) is 38.1 Å². The molecule has 16 heavy (non-hydrogen) atoms. The monoisotopic (exact) mass is 222 g/mol. The molecule has 1 N–H and O–H groups in total. The molecular weight excluding hydrogens is 200 g/mol. The lowest BCUT2D eigenvalue weighted by atomic mass is 9.84. The van der Waals surface area contributed by atoms with E-state index >= 15 is 0 Å². The molecule has 90 valence electrons. The van der Waals surface area contributed by atoms with Crippen molar-refractivity contribution in [3.63, 3.8) is 0 Å². The number of aromatic nitrogens is 2. The van der Waals surface area contributed by atoms with E-state index in [1.807, 2.05) is 4.68 Å². The lowest BCUT2D eigenvalue weighted by molar-refractivity contribution is 0.163. The summed E-state index contributed by atoms with van der Waals surface area (Å²) in [5, 5.41) is 14.2. The van der Waals surface area contributed by atoms with Crippen LogP contribution in [0.5, 0.6) is 0 Å². The Morgan fingerprint density at radius 1 is 1.62 bits per heavy atom. The van der Waals surface area contributed by atoms with Crippen molar-refractivity contribution >= 4 is 0 Å². The van der Waals surface area contributed by atoms with Crippen molar-refractivity contribution in [2.75, 3.05) is 0 Å². The SMILES string of the molecule is CC(C)n1ccc(CC2(C)CCC(O)C2)n1. The Morgan fingerprint density at radius 2 is 2.38 bits per heavy atom. The van der Waals surface area contributed by atoms with Gasteiger partial charge in [-0.1, -0.05) is 6.92 Å². The molecule has 1 aliphatic carbocycles. The van der Waals surface area contributed by atoms with Crippen molar-refractivity contribution in [1.82, 2.24) is 9.78 Å². The van der Waals surface area contributed by atoms with E-state index < -0.39 is 0 Å². The summed E-state index contributed by atoms with van der Waals surface area (Å²) in [5.41, 5.74) is 1.40. The molecule has 3 nitrogen and oxygen atoms in total. The van der Waals surface area contributed by atoms with Crippen molar-refractivity contribution in [2.24, 2.45) is 5.41 Å². The van der Waals surface area contributed by atoms with Gasteiger partial charge >= 0.3 is 0 Å². The number of aliphatic hydroxyl groups is 1. The van der Waals surface area contributed by atoms with Crippen molar-refractivity contribution in [3.05, 3.63) is 18.0 Å². The van der Waals surface area contributed by atoms with E-state index in [1.54, 1.807) is 0 Å². The summed E-state index contributed by atoms with van der Waals surface area (Å²) in [4.78, 5) is 0. The zero-order chi connectivity index (χ0) is 11.8. The van der Waals surface area contributed by atoms with E-state index in [-0.39, 0.29) is 11.5 Å². The van der Waals surface area contributed by atoms with Gasteiger partial charge in [-0.05, 0) is 51.0 Å². The van der Waals surface area contributed by atoms with Crippen LogP contribution < -0.4 is 0 Å². The average molecular weight is 222 g/mol. The maximum atomic E-state index is 9.61. The fraction of sp³-hybridized carbons (Fsp3) is 0.769. The van der Waals surface area contributed by atoms with E-state index in [9.17, 15) is 5.11 Å². The molecule has 0 spiro atoms. The van der Waals surface area contributed by atoms with E-state index in [0.717, 1.165) is 31.4 Å². The molecule has 1 heterocycles. The molecule has 2 rings (SSSR count). The van der Waals surface area contributed by atoms with E-state index in [0.29, 0.717) is 6.04 Å². The second kappa shape index (κ2) is 4.21. The van der Waals surface area contributed by atoms with Gasteiger partial charge in [0.2, 0.25) is 0 Å². The number of nitrogens with zero attached hydrogens (tertiary/aromatic N) is 2. The Labute approximate surface area is 97.5 Å². The summed E-state index contributed by atoms with van der Waals surface area (Å²) in [7, 11) is 0. The quantitative estimate of drug-likeness (QED) is 0.853. The summed E-state index contributed by atoms with van der Waals surface area (Å²) in [6.45, 7) is 6.53. The van der Waals surface area contributed by atoms with Crippen LogP contribution >= 0.6 is 0 Å². The van der Waals surface area contributed by atoms with E-state index in [4.69, 9.17) is 0 Å². The molecule has 0 saturated heterocycles. The van der Waals surface area contributed by atoms with Gasteiger partial charge in [0.25, 0.3) is 0 Å². The minimum absolute atomic E-state index is 0.0998. The molecule has 2 unspecified atom stereocenters. The summed E-state index contributed by atoms with van der Waals surface area (Å²) < 4.78 is 2.00. The van der Waals surface area contributed by atoms with Crippen LogP contribution in [0, 0.1) is 5.41 Å². The van der Waals surface area contributed by atoms with Crippen molar-refractivity contribution in [1.29, 1.82) is 0 Å². The summed E-state index contributed by atoms with van der Waals surface area (Å²) in [5.74, 6) is 0. The molecule has 1 aromatic heterocycles. The van der Waals surface area contributed by atoms with Gasteiger partial charge in [-0.15, -0.1) is 0 Å². The molecule has 1 aromatic rings. The first-order chi connectivity index (χ1) is 7.48. The standard InChI is InChI=1S/C13H22N2O/c1-10(2)15-7-5-11(14-15)8-13(3)6-4-12(16)9-13/h5,7,10,12,16H,4,6,8-9H2,1-3H3. The normalized spacial score (nSPS) is 30.2. The van der Waals surface area contributed by atoms with Crippen LogP contribution in [0.15, 0.2) is 12.3 Å². The van der Waals surface area contributed by atoms with Gasteiger partial charge in [0, 0.05) is 12.2 Å². The first-order valence-electron chi connectivity index (χ1n) is 6.21. The molecule has 0 aliphatic heterocycles. The molecule has 1 saturated carbocycles. The van der Waals surface area contributed by atoms with Gasteiger partial charge in [0.05, 0.1) is 11.8 Å². The second-order valence-electron chi connectivity index (χ2n) is 5.76. The largest absolute Gasteiger partial charge is 0.393 e. The highest BCUT2D eigenvalue weighted by atomic mass is 16.3. The van der Waals surface area contributed by atoms with Crippen LogP contribution in [0.4, 0.5) is 0 Å². The second-order valence-corrected chi connectivity index (χ2v) is 5.76. The molecule has 0 amide bonds. The zero-order valence-electron chi connectivity index (χ0n) is 10.5. The van der Waals surface area contributed by atoms with Crippen LogP contribution in [0.25, 0.3) is 0 Å². The fourth-order valence-electron chi connectivity index (χ4n) is 2.65. The van der Waals surface area contributed by atoms with Gasteiger partial charge in [0.1, 0.15) is 0 Å². The number of hydrogen-bond donors (Lipinski definition) is 1. The van der Waals surface area contributed by atoms with E-state index in [1.165, 1.54) is 0 Å². The highest BCUT2D eigenvalue weighted by Crippen LogP contribution is 2.40. The molecular formula is C13H22N2O. The van der Waals surface area contributed by atoms with Crippen molar-refractivity contribution < 1.29 is 5.11 Å². The van der Waals surface area contributed by atoms with Gasteiger partial charge in [-0.3, -0.25) is 4.68 Å². The molecule has 0 aromatic carbocycles. The smallest absolute Gasteiger partial charge is 0.0630 e. The number of rotatable bonds is 3. The molecule has 3 heteroatoms. The maximum Gasteiger partial charge on any atom is 0.0630 e. The predicted octanol–water partition coefficient (Wildman–Crippen LogP) is 2.56. The topological polar surface area (TPSA) is 38.0 Å². The lowest BCUT2D eigenvalue weighted by Gasteiger charge is -2.22. The summed E-state index contributed by atoms with van der Waals surface area (Å²) >= 11 is 0. The predicted molar refractivity (Wildman–Crippen MR) is 64.3 cm³/mol. The Kier molecular flexibility index (Phi) is 3.06. The molecule has 2 atom stereocenters. The summed E-state index contributed by atoms with van der Waals surface area (Å²) in [6, 6.07) is 2.53. The fourth-order valence-corrected chi connectivity index (χ4v) is 2.65. The first kappa shape index (κ1) is 11.6. The van der Waals surface area contributed by atoms with Gasteiger partial charge < -0.3 is 5.11 Å². The average Bonchev–Trinajstić information content (AvgIpc) is 2.74. The van der Waals surface area contributed by atoms with Gasteiger partial charge in [-0.25, -0.2) is 0 Å². The molecule has 0 bridgehead atoms.